The van der Waals surface area contributed by atoms with Crippen molar-refractivity contribution in [3.05, 3.63) is 18.2 Å². The van der Waals surface area contributed by atoms with Gasteiger partial charge < -0.3 is 14.2 Å². The Morgan fingerprint density at radius 1 is 1.25 bits per heavy atom. The standard InChI is InChI=1S/C12H12O4/c13-12(8-2-1-3-8)16-9-4-5-10-11(6-9)15-7-14-10/h4-6,8H,1-3,7H2. The van der Waals surface area contributed by atoms with Crippen LogP contribution in [0.1, 0.15) is 19.3 Å². The van der Waals surface area contributed by atoms with Gasteiger partial charge in [0.05, 0.1) is 5.92 Å². The summed E-state index contributed by atoms with van der Waals surface area (Å²) in [6, 6.07) is 5.18. The Hall–Kier alpha value is -1.71. The zero-order valence-electron chi connectivity index (χ0n) is 8.77. The average molecular weight is 220 g/mol. The van der Waals surface area contributed by atoms with Gasteiger partial charge in [-0.25, -0.2) is 0 Å². The zero-order valence-corrected chi connectivity index (χ0v) is 8.77. The second-order valence-electron chi connectivity index (χ2n) is 4.06. The number of carbonyl (C=O) groups excluding carboxylic acids is 1. The van der Waals surface area contributed by atoms with E-state index in [1.165, 1.54) is 0 Å². The molecule has 0 saturated heterocycles. The van der Waals surface area contributed by atoms with Gasteiger partial charge in [0.1, 0.15) is 5.75 Å². The summed E-state index contributed by atoms with van der Waals surface area (Å²) in [4.78, 5) is 11.6. The van der Waals surface area contributed by atoms with Crippen LogP contribution in [0.5, 0.6) is 17.2 Å². The minimum Gasteiger partial charge on any atom is -0.454 e. The van der Waals surface area contributed by atoms with E-state index >= 15 is 0 Å². The summed E-state index contributed by atoms with van der Waals surface area (Å²) >= 11 is 0. The third kappa shape index (κ3) is 1.60. The van der Waals surface area contributed by atoms with Gasteiger partial charge in [0.25, 0.3) is 0 Å². The lowest BCUT2D eigenvalue weighted by molar-refractivity contribution is -0.141. The van der Waals surface area contributed by atoms with Crippen molar-refractivity contribution in [2.75, 3.05) is 6.79 Å². The van der Waals surface area contributed by atoms with Crippen LogP contribution in [-0.4, -0.2) is 12.8 Å². The molecule has 16 heavy (non-hydrogen) atoms. The van der Waals surface area contributed by atoms with E-state index in [0.29, 0.717) is 17.2 Å². The highest BCUT2D eigenvalue weighted by molar-refractivity contribution is 5.76. The normalized spacial score (nSPS) is 18.0. The smallest absolute Gasteiger partial charge is 0.314 e. The van der Waals surface area contributed by atoms with E-state index in [0.717, 1.165) is 19.3 Å². The van der Waals surface area contributed by atoms with E-state index < -0.39 is 0 Å². The number of hydrogen-bond acceptors (Lipinski definition) is 4. The summed E-state index contributed by atoms with van der Waals surface area (Å²) in [6.45, 7) is 0.232. The van der Waals surface area contributed by atoms with Gasteiger partial charge in [0.15, 0.2) is 11.5 Å². The number of carbonyl (C=O) groups is 1. The number of fused-ring (bicyclic) bond motifs is 1. The van der Waals surface area contributed by atoms with Gasteiger partial charge in [-0.15, -0.1) is 0 Å². The summed E-state index contributed by atoms with van der Waals surface area (Å²) in [7, 11) is 0. The van der Waals surface area contributed by atoms with Crippen LogP contribution < -0.4 is 14.2 Å². The van der Waals surface area contributed by atoms with Crippen molar-refractivity contribution < 1.29 is 19.0 Å². The maximum absolute atomic E-state index is 11.6. The SMILES string of the molecule is O=C(Oc1ccc2c(c1)OCO2)C1CCC1. The maximum Gasteiger partial charge on any atom is 0.314 e. The average Bonchev–Trinajstić information content (AvgIpc) is 2.61. The minimum atomic E-state index is -0.134. The molecule has 0 atom stereocenters. The number of benzene rings is 1. The molecule has 1 aliphatic heterocycles. The van der Waals surface area contributed by atoms with E-state index in [1.54, 1.807) is 18.2 Å². The van der Waals surface area contributed by atoms with Crippen LogP contribution in [0.4, 0.5) is 0 Å². The second kappa shape index (κ2) is 3.70. The predicted molar refractivity (Wildman–Crippen MR) is 55.5 cm³/mol. The van der Waals surface area contributed by atoms with Crippen LogP contribution >= 0.6 is 0 Å². The largest absolute Gasteiger partial charge is 0.454 e. The molecule has 4 heteroatoms. The molecule has 84 valence electrons. The monoisotopic (exact) mass is 220 g/mol. The van der Waals surface area contributed by atoms with Crippen LogP contribution in [0.25, 0.3) is 0 Å². The van der Waals surface area contributed by atoms with Crippen LogP contribution in [0.15, 0.2) is 18.2 Å². The van der Waals surface area contributed by atoms with Crippen LogP contribution in [0.2, 0.25) is 0 Å². The highest BCUT2D eigenvalue weighted by Crippen LogP contribution is 2.36. The Balaban J connectivity index is 1.72. The van der Waals surface area contributed by atoms with Crippen molar-refractivity contribution in [3.63, 3.8) is 0 Å². The van der Waals surface area contributed by atoms with Crippen molar-refractivity contribution in [2.45, 2.75) is 19.3 Å². The topological polar surface area (TPSA) is 44.8 Å². The molecule has 0 aromatic heterocycles. The van der Waals surface area contributed by atoms with Crippen LogP contribution in [0, 0.1) is 5.92 Å². The van der Waals surface area contributed by atoms with Gasteiger partial charge in [-0.2, -0.15) is 0 Å². The van der Waals surface area contributed by atoms with E-state index in [1.807, 2.05) is 0 Å². The summed E-state index contributed by atoms with van der Waals surface area (Å²) < 4.78 is 15.7. The summed E-state index contributed by atoms with van der Waals surface area (Å²) in [5.74, 6) is 1.82. The highest BCUT2D eigenvalue weighted by atomic mass is 16.7. The Bertz CT molecular complexity index is 423. The summed E-state index contributed by atoms with van der Waals surface area (Å²) in [5.41, 5.74) is 0. The van der Waals surface area contributed by atoms with E-state index in [2.05, 4.69) is 0 Å². The summed E-state index contributed by atoms with van der Waals surface area (Å²) in [5, 5.41) is 0. The Kier molecular flexibility index (Phi) is 2.20. The van der Waals surface area contributed by atoms with Crippen molar-refractivity contribution in [1.82, 2.24) is 0 Å². The minimum absolute atomic E-state index is 0.0884. The molecule has 1 heterocycles. The lowest BCUT2D eigenvalue weighted by atomic mass is 9.86. The highest BCUT2D eigenvalue weighted by Gasteiger charge is 2.27. The molecule has 1 aliphatic carbocycles. The Morgan fingerprint density at radius 2 is 2.06 bits per heavy atom. The van der Waals surface area contributed by atoms with Gasteiger partial charge in [0, 0.05) is 6.07 Å². The molecular weight excluding hydrogens is 208 g/mol. The molecule has 3 rings (SSSR count). The molecule has 0 N–H and O–H groups in total. The first kappa shape index (κ1) is 9.51. The Labute approximate surface area is 93.1 Å². The van der Waals surface area contributed by atoms with Crippen LogP contribution in [0.3, 0.4) is 0 Å². The van der Waals surface area contributed by atoms with Gasteiger partial charge in [-0.05, 0) is 25.0 Å². The molecule has 1 fully saturated rings. The molecule has 1 aromatic rings. The molecule has 0 unspecified atom stereocenters. The molecular formula is C12H12O4. The number of rotatable bonds is 2. The fourth-order valence-electron chi connectivity index (χ4n) is 1.78. The van der Waals surface area contributed by atoms with Gasteiger partial charge >= 0.3 is 5.97 Å². The van der Waals surface area contributed by atoms with Gasteiger partial charge in [-0.1, -0.05) is 6.42 Å². The number of ether oxygens (including phenoxy) is 3. The first-order valence-electron chi connectivity index (χ1n) is 5.44. The number of hydrogen-bond donors (Lipinski definition) is 0. The lowest BCUT2D eigenvalue weighted by Gasteiger charge is -2.22. The third-order valence-electron chi connectivity index (χ3n) is 3.00. The molecule has 0 radical (unpaired) electrons. The van der Waals surface area contributed by atoms with E-state index in [9.17, 15) is 4.79 Å². The van der Waals surface area contributed by atoms with Gasteiger partial charge in [-0.3, -0.25) is 4.79 Å². The van der Waals surface area contributed by atoms with E-state index in [-0.39, 0.29) is 18.7 Å². The van der Waals surface area contributed by atoms with E-state index in [4.69, 9.17) is 14.2 Å². The third-order valence-corrected chi connectivity index (χ3v) is 3.00. The first-order chi connectivity index (χ1) is 7.83. The molecule has 0 spiro atoms. The fourth-order valence-corrected chi connectivity index (χ4v) is 1.78. The predicted octanol–water partition coefficient (Wildman–Crippen LogP) is 2.12. The number of esters is 1. The van der Waals surface area contributed by atoms with Gasteiger partial charge in [0.2, 0.25) is 6.79 Å². The van der Waals surface area contributed by atoms with Crippen molar-refractivity contribution in [3.8, 4) is 17.2 Å². The van der Waals surface area contributed by atoms with Crippen LogP contribution in [-0.2, 0) is 4.79 Å². The fraction of sp³-hybridized carbons (Fsp3) is 0.417. The molecule has 1 aromatic carbocycles. The quantitative estimate of drug-likeness (QED) is 0.565. The molecule has 0 bridgehead atoms. The Morgan fingerprint density at radius 3 is 2.81 bits per heavy atom. The van der Waals surface area contributed by atoms with Crippen molar-refractivity contribution in [2.24, 2.45) is 5.92 Å². The molecule has 2 aliphatic rings. The second-order valence-corrected chi connectivity index (χ2v) is 4.06. The molecule has 4 nitrogen and oxygen atoms in total. The summed E-state index contributed by atoms with van der Waals surface area (Å²) in [6.07, 6.45) is 3.02. The lowest BCUT2D eigenvalue weighted by Crippen LogP contribution is -2.26. The molecule has 0 amide bonds. The zero-order chi connectivity index (χ0) is 11.0. The molecule has 1 saturated carbocycles. The van der Waals surface area contributed by atoms with Crippen molar-refractivity contribution in [1.29, 1.82) is 0 Å². The first-order valence-corrected chi connectivity index (χ1v) is 5.44. The maximum atomic E-state index is 11.6. The van der Waals surface area contributed by atoms with Crippen molar-refractivity contribution >= 4 is 5.97 Å².